The molecule has 0 saturated carbocycles. The molecule has 1 fully saturated rings. The Bertz CT molecular complexity index is 1180. The van der Waals surface area contributed by atoms with Gasteiger partial charge in [0.05, 0.1) is 11.1 Å². The summed E-state index contributed by atoms with van der Waals surface area (Å²) in [4.78, 5) is 28.4. The molecule has 3 N–H and O–H groups in total. The van der Waals surface area contributed by atoms with Crippen LogP contribution in [0.3, 0.4) is 0 Å². The Hall–Kier alpha value is -3.68. The second kappa shape index (κ2) is 6.19. The molecule has 3 aromatic rings. The maximum atomic E-state index is 12.8. The van der Waals surface area contributed by atoms with E-state index in [-0.39, 0.29) is 34.1 Å². The van der Waals surface area contributed by atoms with E-state index in [1.165, 1.54) is 23.1 Å². The van der Waals surface area contributed by atoms with Crippen molar-refractivity contribution in [2.75, 3.05) is 25.0 Å². The number of hydrogen-bond donors (Lipinski definition) is 3. The van der Waals surface area contributed by atoms with Gasteiger partial charge in [-0.05, 0) is 42.8 Å². The van der Waals surface area contributed by atoms with Crippen LogP contribution in [0.15, 0.2) is 39.5 Å². The van der Waals surface area contributed by atoms with Crippen LogP contribution in [0.1, 0.15) is 5.56 Å². The lowest BCUT2D eigenvalue weighted by atomic mass is 10.1. The Morgan fingerprint density at radius 1 is 1.00 bits per heavy atom. The maximum absolute atomic E-state index is 12.8. The highest BCUT2D eigenvalue weighted by molar-refractivity contribution is 6.02. The fourth-order valence-corrected chi connectivity index (χ4v) is 3.34. The third kappa shape index (κ3) is 2.61. The van der Waals surface area contributed by atoms with E-state index in [9.17, 15) is 24.9 Å². The Morgan fingerprint density at radius 2 is 1.75 bits per heavy atom. The van der Waals surface area contributed by atoms with Crippen LogP contribution in [-0.4, -0.2) is 46.4 Å². The van der Waals surface area contributed by atoms with Gasteiger partial charge in [0.1, 0.15) is 0 Å². The topological polar surface area (TPSA) is 114 Å². The van der Waals surface area contributed by atoms with E-state index in [4.69, 9.17) is 4.42 Å². The molecule has 0 radical (unpaired) electrons. The van der Waals surface area contributed by atoms with Crippen LogP contribution in [0.25, 0.3) is 22.3 Å². The molecule has 2 heterocycles. The molecule has 28 heavy (non-hydrogen) atoms. The molecule has 0 aliphatic carbocycles. The van der Waals surface area contributed by atoms with Crippen LogP contribution in [0.2, 0.25) is 0 Å². The fraction of sp³-hybridized carbons (Fsp3) is 0.200. The highest BCUT2D eigenvalue weighted by Crippen LogP contribution is 2.38. The van der Waals surface area contributed by atoms with Gasteiger partial charge in [0.15, 0.2) is 22.8 Å². The molecule has 2 aromatic carbocycles. The number of carbonyl (C=O) groups is 1. The molecular formula is C20H18N2O6. The Morgan fingerprint density at radius 3 is 2.39 bits per heavy atom. The lowest BCUT2D eigenvalue weighted by Crippen LogP contribution is -2.29. The lowest BCUT2D eigenvalue weighted by Gasteiger charge is -2.19. The molecule has 1 saturated heterocycles. The van der Waals surface area contributed by atoms with Crippen molar-refractivity contribution >= 4 is 22.7 Å². The highest BCUT2D eigenvalue weighted by atomic mass is 16.4. The zero-order valence-electron chi connectivity index (χ0n) is 15.3. The average Bonchev–Trinajstić information content (AvgIpc) is 2.99. The molecule has 8 nitrogen and oxygen atoms in total. The van der Waals surface area contributed by atoms with Crippen molar-refractivity contribution in [3.05, 3.63) is 46.1 Å². The molecule has 1 aliphatic heterocycles. The van der Waals surface area contributed by atoms with Gasteiger partial charge >= 0.3 is 6.03 Å². The van der Waals surface area contributed by atoms with Crippen LogP contribution < -0.4 is 10.3 Å². The number of carbonyl (C=O) groups excluding carboxylic acids is 1. The van der Waals surface area contributed by atoms with E-state index in [0.29, 0.717) is 18.8 Å². The number of anilines is 1. The summed E-state index contributed by atoms with van der Waals surface area (Å²) in [5.41, 5.74) is 0.911. The number of amides is 2. The third-order valence-electron chi connectivity index (χ3n) is 4.84. The van der Waals surface area contributed by atoms with Crippen molar-refractivity contribution in [2.24, 2.45) is 0 Å². The normalized spacial score (nSPS) is 14.3. The molecule has 0 unspecified atom stereocenters. The number of urea groups is 1. The molecule has 1 aliphatic rings. The number of nitrogens with zero attached hydrogens (tertiary/aromatic N) is 2. The second-order valence-corrected chi connectivity index (χ2v) is 6.83. The number of hydrogen-bond acceptors (Lipinski definition) is 6. The number of aryl methyl sites for hydroxylation is 1. The molecule has 0 bridgehead atoms. The monoisotopic (exact) mass is 382 g/mol. The lowest BCUT2D eigenvalue weighted by molar-refractivity contribution is 0.229. The van der Waals surface area contributed by atoms with Crippen molar-refractivity contribution < 1.29 is 24.5 Å². The average molecular weight is 382 g/mol. The van der Waals surface area contributed by atoms with Gasteiger partial charge in [-0.3, -0.25) is 9.69 Å². The van der Waals surface area contributed by atoms with E-state index in [2.05, 4.69) is 0 Å². The number of rotatable bonds is 2. The smallest absolute Gasteiger partial charge is 0.324 e. The highest BCUT2D eigenvalue weighted by Gasteiger charge is 2.30. The first-order chi connectivity index (χ1) is 13.3. The summed E-state index contributed by atoms with van der Waals surface area (Å²) in [5, 5.41) is 29.8. The summed E-state index contributed by atoms with van der Waals surface area (Å²) in [6, 6.07) is 6.93. The largest absolute Gasteiger partial charge is 0.504 e. The van der Waals surface area contributed by atoms with Crippen molar-refractivity contribution in [3.8, 4) is 28.6 Å². The maximum Gasteiger partial charge on any atom is 0.324 e. The van der Waals surface area contributed by atoms with Crippen LogP contribution >= 0.6 is 0 Å². The molecular weight excluding hydrogens is 364 g/mol. The van der Waals surface area contributed by atoms with Gasteiger partial charge in [-0.2, -0.15) is 0 Å². The number of phenols is 2. The van der Waals surface area contributed by atoms with Crippen molar-refractivity contribution in [3.63, 3.8) is 0 Å². The predicted octanol–water partition coefficient (Wildman–Crippen LogP) is 2.76. The minimum atomic E-state index is -0.645. The Balaban J connectivity index is 2.02. The van der Waals surface area contributed by atoms with E-state index in [1.54, 1.807) is 31.0 Å². The van der Waals surface area contributed by atoms with E-state index in [1.807, 2.05) is 0 Å². The first kappa shape index (κ1) is 17.7. The van der Waals surface area contributed by atoms with Gasteiger partial charge in [-0.15, -0.1) is 0 Å². The van der Waals surface area contributed by atoms with Gasteiger partial charge < -0.3 is 24.6 Å². The van der Waals surface area contributed by atoms with E-state index < -0.39 is 16.9 Å². The minimum Gasteiger partial charge on any atom is -0.504 e. The summed E-state index contributed by atoms with van der Waals surface area (Å²) >= 11 is 0. The van der Waals surface area contributed by atoms with Crippen LogP contribution in [0, 0.1) is 6.92 Å². The van der Waals surface area contributed by atoms with Gasteiger partial charge in [0.2, 0.25) is 11.2 Å². The van der Waals surface area contributed by atoms with Crippen LogP contribution in [0.4, 0.5) is 10.5 Å². The summed E-state index contributed by atoms with van der Waals surface area (Å²) in [5.74, 6) is -1.52. The van der Waals surface area contributed by atoms with Crippen LogP contribution in [0.5, 0.6) is 17.2 Å². The quantitative estimate of drug-likeness (QED) is 0.587. The molecule has 0 atom stereocenters. The minimum absolute atomic E-state index is 0.154. The fourth-order valence-electron chi connectivity index (χ4n) is 3.34. The summed E-state index contributed by atoms with van der Waals surface area (Å²) in [7, 11) is 1.69. The third-order valence-corrected chi connectivity index (χ3v) is 4.84. The van der Waals surface area contributed by atoms with Crippen molar-refractivity contribution in [2.45, 2.75) is 6.92 Å². The Kier molecular flexibility index (Phi) is 3.92. The SMILES string of the molecule is Cc1cc(N2CCN(C)C2=O)c2oc(-c3ccc(O)c(O)c3)c(O)c(=O)c2c1. The molecule has 144 valence electrons. The molecule has 8 heteroatoms. The van der Waals surface area contributed by atoms with Gasteiger partial charge in [-0.1, -0.05) is 0 Å². The summed E-state index contributed by atoms with van der Waals surface area (Å²) in [6.45, 7) is 2.76. The zero-order valence-corrected chi connectivity index (χ0v) is 15.3. The number of fused-ring (bicyclic) bond motifs is 1. The molecule has 2 amide bonds. The standard InChI is InChI=1S/C20H18N2O6/c1-10-7-12-16(25)17(26)18(11-3-4-14(23)15(24)9-11)28-19(12)13(8-10)22-6-5-21(2)20(22)27/h3-4,7-9,23-24,26H,5-6H2,1-2H3. The zero-order chi connectivity index (χ0) is 20.2. The van der Waals surface area contributed by atoms with E-state index in [0.717, 1.165) is 5.56 Å². The number of benzene rings is 2. The van der Waals surface area contributed by atoms with Crippen molar-refractivity contribution in [1.29, 1.82) is 0 Å². The predicted molar refractivity (Wildman–Crippen MR) is 103 cm³/mol. The number of phenolic OH excluding ortho intramolecular Hbond substituents is 2. The van der Waals surface area contributed by atoms with Crippen LogP contribution in [-0.2, 0) is 0 Å². The first-order valence-electron chi connectivity index (χ1n) is 8.63. The number of likely N-dealkylation sites (N-methyl/N-ethyl adjacent to an activating group) is 1. The summed E-state index contributed by atoms with van der Waals surface area (Å²) in [6.07, 6.45) is 0. The molecule has 1 aromatic heterocycles. The molecule has 0 spiro atoms. The van der Waals surface area contributed by atoms with Crippen molar-refractivity contribution in [1.82, 2.24) is 4.90 Å². The first-order valence-corrected chi connectivity index (χ1v) is 8.63. The molecule has 4 rings (SSSR count). The van der Waals surface area contributed by atoms with E-state index >= 15 is 0 Å². The summed E-state index contributed by atoms with van der Waals surface area (Å²) < 4.78 is 5.88. The van der Waals surface area contributed by atoms with Gasteiger partial charge in [0.25, 0.3) is 0 Å². The number of aromatic hydroxyl groups is 3. The Labute approximate surface area is 159 Å². The second-order valence-electron chi connectivity index (χ2n) is 6.83. The van der Waals surface area contributed by atoms with Gasteiger partial charge in [-0.25, -0.2) is 4.79 Å². The van der Waals surface area contributed by atoms with Gasteiger partial charge in [0, 0.05) is 25.7 Å².